The summed E-state index contributed by atoms with van der Waals surface area (Å²) in [7, 11) is 0. The van der Waals surface area contributed by atoms with E-state index in [1.807, 2.05) is 6.92 Å². The summed E-state index contributed by atoms with van der Waals surface area (Å²) >= 11 is 0. The number of amides is 1. The Labute approximate surface area is 94.3 Å². The van der Waals surface area contributed by atoms with Gasteiger partial charge in [-0.3, -0.25) is 14.6 Å². The number of likely N-dealkylation sites (tertiary alicyclic amines) is 1. The van der Waals surface area contributed by atoms with Crippen LogP contribution in [-0.4, -0.2) is 34.7 Å². The number of hydrogen-bond acceptors (Lipinski definition) is 3. The van der Waals surface area contributed by atoms with Gasteiger partial charge >= 0.3 is 0 Å². The predicted molar refractivity (Wildman–Crippen MR) is 59.1 cm³/mol. The standard InChI is InChI=1S/C12H14N2O2/c1-9-8-10(2-5-13-9)12(16)14-6-3-11(15)4-7-14/h2,5,8H,3-4,6-7H2,1H3. The Morgan fingerprint density at radius 3 is 2.69 bits per heavy atom. The fourth-order valence-electron chi connectivity index (χ4n) is 1.82. The van der Waals surface area contributed by atoms with Crippen molar-refractivity contribution >= 4 is 11.7 Å². The van der Waals surface area contributed by atoms with Crippen LogP contribution in [0.25, 0.3) is 0 Å². The van der Waals surface area contributed by atoms with Gasteiger partial charge < -0.3 is 4.90 Å². The molecular weight excluding hydrogens is 204 g/mol. The van der Waals surface area contributed by atoms with E-state index < -0.39 is 0 Å². The molecule has 0 bridgehead atoms. The summed E-state index contributed by atoms with van der Waals surface area (Å²) in [5, 5.41) is 0. The van der Waals surface area contributed by atoms with E-state index in [0.717, 1.165) is 5.69 Å². The molecule has 16 heavy (non-hydrogen) atoms. The van der Waals surface area contributed by atoms with E-state index in [2.05, 4.69) is 4.98 Å². The van der Waals surface area contributed by atoms with Crippen LogP contribution in [0.3, 0.4) is 0 Å². The lowest BCUT2D eigenvalue weighted by Gasteiger charge is -2.26. The molecule has 84 valence electrons. The lowest BCUT2D eigenvalue weighted by Crippen LogP contribution is -2.38. The maximum Gasteiger partial charge on any atom is 0.253 e. The number of aromatic nitrogens is 1. The van der Waals surface area contributed by atoms with Gasteiger partial charge in [0, 0.05) is 43.4 Å². The van der Waals surface area contributed by atoms with Gasteiger partial charge in [0.05, 0.1) is 0 Å². The number of aryl methyl sites for hydroxylation is 1. The molecule has 2 rings (SSSR count). The van der Waals surface area contributed by atoms with Crippen molar-refractivity contribution in [1.82, 2.24) is 9.88 Å². The molecule has 0 spiro atoms. The molecule has 2 heterocycles. The van der Waals surface area contributed by atoms with E-state index >= 15 is 0 Å². The number of ketones is 1. The van der Waals surface area contributed by atoms with Crippen molar-refractivity contribution < 1.29 is 9.59 Å². The molecule has 0 radical (unpaired) electrons. The molecule has 1 amide bonds. The maximum absolute atomic E-state index is 12.0. The van der Waals surface area contributed by atoms with Gasteiger partial charge in [0.15, 0.2) is 0 Å². The minimum absolute atomic E-state index is 0.00185. The summed E-state index contributed by atoms with van der Waals surface area (Å²) < 4.78 is 0. The Kier molecular flexibility index (Phi) is 2.99. The second-order valence-electron chi connectivity index (χ2n) is 4.02. The zero-order valence-corrected chi connectivity index (χ0v) is 9.27. The van der Waals surface area contributed by atoms with Gasteiger partial charge in [-0.05, 0) is 19.1 Å². The average Bonchev–Trinajstić information content (AvgIpc) is 2.29. The molecule has 0 saturated carbocycles. The Balaban J connectivity index is 2.10. The topological polar surface area (TPSA) is 50.3 Å². The molecule has 1 saturated heterocycles. The number of pyridine rings is 1. The average molecular weight is 218 g/mol. The number of hydrogen-bond donors (Lipinski definition) is 0. The summed E-state index contributed by atoms with van der Waals surface area (Å²) in [6.45, 7) is 2.94. The summed E-state index contributed by atoms with van der Waals surface area (Å²) in [5.41, 5.74) is 1.49. The summed E-state index contributed by atoms with van der Waals surface area (Å²) in [5.74, 6) is 0.243. The van der Waals surface area contributed by atoms with E-state index in [9.17, 15) is 9.59 Å². The van der Waals surface area contributed by atoms with Gasteiger partial charge in [-0.15, -0.1) is 0 Å². The highest BCUT2D eigenvalue weighted by atomic mass is 16.2. The predicted octanol–water partition coefficient (Wildman–Crippen LogP) is 1.20. The van der Waals surface area contributed by atoms with E-state index in [4.69, 9.17) is 0 Å². The first-order chi connectivity index (χ1) is 7.66. The van der Waals surface area contributed by atoms with Crippen LogP contribution in [0.1, 0.15) is 28.9 Å². The quantitative estimate of drug-likeness (QED) is 0.711. The van der Waals surface area contributed by atoms with Crippen LogP contribution in [-0.2, 0) is 4.79 Å². The van der Waals surface area contributed by atoms with Crippen molar-refractivity contribution in [1.29, 1.82) is 0 Å². The molecule has 0 atom stereocenters. The number of carbonyl (C=O) groups excluding carboxylic acids is 2. The van der Waals surface area contributed by atoms with Crippen LogP contribution in [0, 0.1) is 6.92 Å². The highest BCUT2D eigenvalue weighted by Crippen LogP contribution is 2.11. The van der Waals surface area contributed by atoms with Crippen LogP contribution in [0.5, 0.6) is 0 Å². The SMILES string of the molecule is Cc1cc(C(=O)N2CCC(=O)CC2)ccn1. The third-order valence-corrected chi connectivity index (χ3v) is 2.75. The zero-order valence-electron chi connectivity index (χ0n) is 9.27. The first-order valence-corrected chi connectivity index (χ1v) is 5.40. The van der Waals surface area contributed by atoms with Crippen molar-refractivity contribution in [3.63, 3.8) is 0 Å². The van der Waals surface area contributed by atoms with E-state index in [1.165, 1.54) is 0 Å². The van der Waals surface area contributed by atoms with E-state index in [1.54, 1.807) is 23.2 Å². The first kappa shape index (κ1) is 10.8. The Morgan fingerprint density at radius 1 is 1.38 bits per heavy atom. The third kappa shape index (κ3) is 2.27. The Morgan fingerprint density at radius 2 is 2.06 bits per heavy atom. The zero-order chi connectivity index (χ0) is 11.5. The molecule has 1 aromatic rings. The molecule has 1 aromatic heterocycles. The van der Waals surface area contributed by atoms with Gasteiger partial charge in [0.1, 0.15) is 5.78 Å². The van der Waals surface area contributed by atoms with Gasteiger partial charge in [-0.25, -0.2) is 0 Å². The molecule has 1 fully saturated rings. The lowest BCUT2D eigenvalue weighted by molar-refractivity contribution is -0.120. The van der Waals surface area contributed by atoms with Crippen molar-refractivity contribution in [2.45, 2.75) is 19.8 Å². The van der Waals surface area contributed by atoms with Crippen molar-refractivity contribution in [3.8, 4) is 0 Å². The van der Waals surface area contributed by atoms with Crippen molar-refractivity contribution in [2.75, 3.05) is 13.1 Å². The van der Waals surface area contributed by atoms with Crippen LogP contribution in [0.2, 0.25) is 0 Å². The Hall–Kier alpha value is -1.71. The number of rotatable bonds is 1. The minimum atomic E-state index is -0.00185. The van der Waals surface area contributed by atoms with Gasteiger partial charge in [-0.1, -0.05) is 0 Å². The minimum Gasteiger partial charge on any atom is -0.338 e. The van der Waals surface area contributed by atoms with E-state index in [0.29, 0.717) is 31.5 Å². The molecule has 0 aromatic carbocycles. The van der Waals surface area contributed by atoms with Crippen molar-refractivity contribution in [2.24, 2.45) is 0 Å². The fourth-order valence-corrected chi connectivity index (χ4v) is 1.82. The summed E-state index contributed by atoms with van der Waals surface area (Å²) in [6, 6.07) is 3.49. The molecule has 0 N–H and O–H groups in total. The maximum atomic E-state index is 12.0. The van der Waals surface area contributed by atoms with Crippen molar-refractivity contribution in [3.05, 3.63) is 29.6 Å². The molecule has 1 aliphatic rings. The third-order valence-electron chi connectivity index (χ3n) is 2.75. The van der Waals surface area contributed by atoms with Crippen LogP contribution in [0.15, 0.2) is 18.3 Å². The van der Waals surface area contributed by atoms with E-state index in [-0.39, 0.29) is 11.7 Å². The molecule has 4 heteroatoms. The highest BCUT2D eigenvalue weighted by molar-refractivity contribution is 5.95. The van der Waals surface area contributed by atoms with Crippen LogP contribution in [0.4, 0.5) is 0 Å². The van der Waals surface area contributed by atoms with Gasteiger partial charge in [0.2, 0.25) is 0 Å². The smallest absolute Gasteiger partial charge is 0.253 e. The number of nitrogens with zero attached hydrogens (tertiary/aromatic N) is 2. The van der Waals surface area contributed by atoms with Crippen LogP contribution >= 0.6 is 0 Å². The monoisotopic (exact) mass is 218 g/mol. The normalized spacial score (nSPS) is 16.3. The molecule has 1 aliphatic heterocycles. The molecule has 0 unspecified atom stereocenters. The number of piperidine rings is 1. The summed E-state index contributed by atoms with van der Waals surface area (Å²) in [4.78, 5) is 28.9. The Bertz CT molecular complexity index is 419. The fraction of sp³-hybridized carbons (Fsp3) is 0.417. The van der Waals surface area contributed by atoms with Gasteiger partial charge in [0.25, 0.3) is 5.91 Å². The number of carbonyl (C=O) groups is 2. The number of Topliss-reactive ketones (excluding diaryl/α,β-unsaturated/α-hetero) is 1. The second kappa shape index (κ2) is 4.43. The molecule has 4 nitrogen and oxygen atoms in total. The first-order valence-electron chi connectivity index (χ1n) is 5.40. The highest BCUT2D eigenvalue weighted by Gasteiger charge is 2.21. The largest absolute Gasteiger partial charge is 0.338 e. The lowest BCUT2D eigenvalue weighted by atomic mass is 10.1. The molecular formula is C12H14N2O2. The summed E-state index contributed by atoms with van der Waals surface area (Å²) in [6.07, 6.45) is 2.60. The molecule has 0 aliphatic carbocycles. The van der Waals surface area contributed by atoms with Gasteiger partial charge in [-0.2, -0.15) is 0 Å². The second-order valence-corrected chi connectivity index (χ2v) is 4.02. The van der Waals surface area contributed by atoms with Crippen LogP contribution < -0.4 is 0 Å².